The van der Waals surface area contributed by atoms with Crippen LogP contribution >= 0.6 is 0 Å². The third-order valence-electron chi connectivity index (χ3n) is 2.61. The van der Waals surface area contributed by atoms with Gasteiger partial charge in [-0.3, -0.25) is 4.68 Å². The van der Waals surface area contributed by atoms with Crippen LogP contribution in [-0.4, -0.2) is 28.2 Å². The number of aromatic amines is 1. The van der Waals surface area contributed by atoms with Gasteiger partial charge >= 0.3 is 0 Å². The number of aryl methyl sites for hydroxylation is 1. The van der Waals surface area contributed by atoms with Crippen molar-refractivity contribution in [2.45, 2.75) is 4.90 Å². The predicted molar refractivity (Wildman–Crippen MR) is 70.1 cm³/mol. The lowest BCUT2D eigenvalue weighted by molar-refractivity contribution is 0.600. The van der Waals surface area contributed by atoms with E-state index in [-0.39, 0.29) is 10.8 Å². The number of nitrogens with zero attached hydrogens (tertiary/aromatic N) is 3. The molecule has 0 saturated heterocycles. The SMILES string of the molecule is Cn1cc(S(=O)(=O)Nc2nc3ccccc3[nH]2)cn1. The Balaban J connectivity index is 1.96. The van der Waals surface area contributed by atoms with E-state index in [0.29, 0.717) is 5.52 Å². The Morgan fingerprint density at radius 2 is 2.11 bits per heavy atom. The van der Waals surface area contributed by atoms with Gasteiger partial charge in [0.25, 0.3) is 10.0 Å². The summed E-state index contributed by atoms with van der Waals surface area (Å²) in [5.74, 6) is 0.185. The van der Waals surface area contributed by atoms with Crippen LogP contribution < -0.4 is 4.72 Å². The van der Waals surface area contributed by atoms with Crippen LogP contribution in [0.5, 0.6) is 0 Å². The topological polar surface area (TPSA) is 92.7 Å². The minimum absolute atomic E-state index is 0.0930. The number of imidazole rings is 1. The molecular weight excluding hydrogens is 266 g/mol. The average molecular weight is 277 g/mol. The van der Waals surface area contributed by atoms with E-state index in [1.807, 2.05) is 18.2 Å². The Kier molecular flexibility index (Phi) is 2.53. The molecule has 0 amide bonds. The van der Waals surface area contributed by atoms with E-state index in [1.54, 1.807) is 13.1 Å². The predicted octanol–water partition coefficient (Wildman–Crippen LogP) is 1.10. The number of hydrogen-bond donors (Lipinski definition) is 2. The summed E-state index contributed by atoms with van der Waals surface area (Å²) in [7, 11) is -2.01. The average Bonchev–Trinajstić information content (AvgIpc) is 2.94. The molecule has 8 heteroatoms. The summed E-state index contributed by atoms with van der Waals surface area (Å²) in [6.45, 7) is 0. The molecule has 0 spiro atoms. The first kappa shape index (κ1) is 11.7. The van der Waals surface area contributed by atoms with Gasteiger partial charge in [-0.25, -0.2) is 18.1 Å². The normalized spacial score (nSPS) is 11.8. The number of para-hydroxylation sites is 2. The highest BCUT2D eigenvalue weighted by Crippen LogP contribution is 2.16. The highest BCUT2D eigenvalue weighted by Gasteiger charge is 2.17. The largest absolute Gasteiger partial charge is 0.323 e. The monoisotopic (exact) mass is 277 g/mol. The van der Waals surface area contributed by atoms with Crippen molar-refractivity contribution >= 4 is 27.0 Å². The van der Waals surface area contributed by atoms with Crippen molar-refractivity contribution in [2.75, 3.05) is 4.72 Å². The zero-order valence-corrected chi connectivity index (χ0v) is 10.8. The highest BCUT2D eigenvalue weighted by molar-refractivity contribution is 7.92. The molecule has 0 aliphatic rings. The zero-order chi connectivity index (χ0) is 13.5. The van der Waals surface area contributed by atoms with Gasteiger partial charge in [0.05, 0.1) is 17.2 Å². The molecule has 0 unspecified atom stereocenters. The van der Waals surface area contributed by atoms with Crippen LogP contribution in [0.3, 0.4) is 0 Å². The van der Waals surface area contributed by atoms with Crippen LogP contribution in [0.1, 0.15) is 0 Å². The first-order valence-corrected chi connectivity index (χ1v) is 6.99. The second kappa shape index (κ2) is 4.09. The maximum atomic E-state index is 12.1. The molecule has 0 fully saturated rings. The number of fused-ring (bicyclic) bond motifs is 1. The van der Waals surface area contributed by atoms with E-state index in [0.717, 1.165) is 5.52 Å². The fourth-order valence-corrected chi connectivity index (χ4v) is 2.67. The van der Waals surface area contributed by atoms with Crippen LogP contribution in [0.25, 0.3) is 11.0 Å². The molecule has 0 radical (unpaired) electrons. The minimum Gasteiger partial charge on any atom is -0.323 e. The summed E-state index contributed by atoms with van der Waals surface area (Å²) >= 11 is 0. The second-order valence-electron chi connectivity index (χ2n) is 4.06. The van der Waals surface area contributed by atoms with Gasteiger partial charge in [0.15, 0.2) is 0 Å². The standard InChI is InChI=1S/C11H11N5O2S/c1-16-7-8(6-12-16)19(17,18)15-11-13-9-4-2-3-5-10(9)14-11/h2-7H,1H3,(H2,13,14,15). The molecule has 2 aromatic heterocycles. The lowest BCUT2D eigenvalue weighted by Gasteiger charge is -2.01. The van der Waals surface area contributed by atoms with Crippen molar-refractivity contribution in [3.8, 4) is 0 Å². The fraction of sp³-hybridized carbons (Fsp3) is 0.0909. The lowest BCUT2D eigenvalue weighted by Crippen LogP contribution is -2.13. The number of nitrogens with one attached hydrogen (secondary N) is 2. The Hall–Kier alpha value is -2.35. The quantitative estimate of drug-likeness (QED) is 0.749. The first-order valence-electron chi connectivity index (χ1n) is 5.51. The third-order valence-corrected chi connectivity index (χ3v) is 3.91. The molecule has 1 aromatic carbocycles. The summed E-state index contributed by atoms with van der Waals surface area (Å²) < 4.78 is 27.9. The minimum atomic E-state index is -3.67. The van der Waals surface area contributed by atoms with Crippen LogP contribution in [0.4, 0.5) is 5.95 Å². The smallest absolute Gasteiger partial charge is 0.267 e. The number of rotatable bonds is 3. The van der Waals surface area contributed by atoms with Gasteiger partial charge in [0.1, 0.15) is 4.90 Å². The van der Waals surface area contributed by atoms with Gasteiger partial charge in [0.2, 0.25) is 5.95 Å². The summed E-state index contributed by atoms with van der Waals surface area (Å²) in [5.41, 5.74) is 1.47. The number of benzene rings is 1. The third kappa shape index (κ3) is 2.17. The van der Waals surface area contributed by atoms with E-state index in [4.69, 9.17) is 0 Å². The van der Waals surface area contributed by atoms with E-state index < -0.39 is 10.0 Å². The summed E-state index contributed by atoms with van der Waals surface area (Å²) in [6, 6.07) is 7.31. The van der Waals surface area contributed by atoms with Gasteiger partial charge in [0, 0.05) is 13.2 Å². The van der Waals surface area contributed by atoms with Crippen LogP contribution in [0.15, 0.2) is 41.6 Å². The number of aromatic nitrogens is 4. The van der Waals surface area contributed by atoms with Crippen molar-refractivity contribution in [3.05, 3.63) is 36.7 Å². The maximum absolute atomic E-state index is 12.1. The molecule has 0 atom stereocenters. The van der Waals surface area contributed by atoms with Gasteiger partial charge < -0.3 is 4.98 Å². The van der Waals surface area contributed by atoms with Crippen molar-refractivity contribution in [3.63, 3.8) is 0 Å². The molecule has 0 bridgehead atoms. The number of hydrogen-bond acceptors (Lipinski definition) is 4. The Bertz CT molecular complexity index is 801. The molecule has 0 saturated carbocycles. The van der Waals surface area contributed by atoms with Crippen LogP contribution in [0.2, 0.25) is 0 Å². The Morgan fingerprint density at radius 3 is 2.79 bits per heavy atom. The molecule has 2 heterocycles. The van der Waals surface area contributed by atoms with Gasteiger partial charge in [-0.15, -0.1) is 0 Å². The van der Waals surface area contributed by atoms with E-state index in [1.165, 1.54) is 17.1 Å². The van der Waals surface area contributed by atoms with E-state index in [9.17, 15) is 8.42 Å². The van der Waals surface area contributed by atoms with Gasteiger partial charge in [-0.05, 0) is 12.1 Å². The Labute approximate surface area is 109 Å². The van der Waals surface area contributed by atoms with Crippen molar-refractivity contribution in [2.24, 2.45) is 7.05 Å². The van der Waals surface area contributed by atoms with E-state index in [2.05, 4.69) is 19.8 Å². The molecule has 0 aliphatic heterocycles. The lowest BCUT2D eigenvalue weighted by atomic mass is 10.3. The first-order chi connectivity index (χ1) is 9.04. The van der Waals surface area contributed by atoms with Crippen molar-refractivity contribution in [1.29, 1.82) is 0 Å². The van der Waals surface area contributed by atoms with Crippen molar-refractivity contribution in [1.82, 2.24) is 19.7 Å². The Morgan fingerprint density at radius 1 is 1.32 bits per heavy atom. The number of sulfonamides is 1. The molecule has 19 heavy (non-hydrogen) atoms. The maximum Gasteiger partial charge on any atom is 0.267 e. The molecule has 98 valence electrons. The molecule has 2 N–H and O–H groups in total. The highest BCUT2D eigenvalue weighted by atomic mass is 32.2. The summed E-state index contributed by atoms with van der Waals surface area (Å²) in [6.07, 6.45) is 2.70. The summed E-state index contributed by atoms with van der Waals surface area (Å²) in [5, 5.41) is 3.83. The molecule has 7 nitrogen and oxygen atoms in total. The molecule has 3 aromatic rings. The molecule has 3 rings (SSSR count). The molecule has 0 aliphatic carbocycles. The molecular formula is C11H11N5O2S. The number of H-pyrrole nitrogens is 1. The fourth-order valence-electron chi connectivity index (χ4n) is 1.72. The van der Waals surface area contributed by atoms with E-state index >= 15 is 0 Å². The zero-order valence-electron chi connectivity index (χ0n) is 10.0. The van der Waals surface area contributed by atoms with Gasteiger partial charge in [-0.2, -0.15) is 5.10 Å². The number of anilines is 1. The summed E-state index contributed by atoms with van der Waals surface area (Å²) in [4.78, 5) is 7.15. The van der Waals surface area contributed by atoms with Gasteiger partial charge in [-0.1, -0.05) is 12.1 Å². The second-order valence-corrected chi connectivity index (χ2v) is 5.74. The van der Waals surface area contributed by atoms with Crippen molar-refractivity contribution < 1.29 is 8.42 Å². The van der Waals surface area contributed by atoms with Crippen LogP contribution in [-0.2, 0) is 17.1 Å². The van der Waals surface area contributed by atoms with Crippen LogP contribution in [0, 0.1) is 0 Å².